The first-order chi connectivity index (χ1) is 6.97. The quantitative estimate of drug-likeness (QED) is 0.586. The van der Waals surface area contributed by atoms with E-state index in [0.717, 1.165) is 0 Å². The van der Waals surface area contributed by atoms with Crippen LogP contribution >= 0.6 is 0 Å². The summed E-state index contributed by atoms with van der Waals surface area (Å²) in [5, 5.41) is 12.3. The molecule has 5 heteroatoms. The molecule has 0 amide bonds. The summed E-state index contributed by atoms with van der Waals surface area (Å²) in [7, 11) is 1.33. The van der Waals surface area contributed by atoms with Gasteiger partial charge in [0.1, 0.15) is 6.04 Å². The molecule has 0 radical (unpaired) electrons. The van der Waals surface area contributed by atoms with Crippen molar-refractivity contribution in [2.24, 2.45) is 0 Å². The van der Waals surface area contributed by atoms with Crippen LogP contribution < -0.4 is 5.32 Å². The number of carbonyl (C=O) groups excluding carboxylic acids is 1. The first kappa shape index (κ1) is 14.3. The molecule has 0 spiro atoms. The molecule has 0 aliphatic rings. The third-order valence-electron chi connectivity index (χ3n) is 1.84. The highest BCUT2D eigenvalue weighted by atomic mass is 16.5. The molecule has 0 fully saturated rings. The summed E-state index contributed by atoms with van der Waals surface area (Å²) in [6, 6.07) is -0.413. The van der Waals surface area contributed by atoms with Gasteiger partial charge in [0.2, 0.25) is 0 Å². The molecular formula is C10H21NO4. The summed E-state index contributed by atoms with van der Waals surface area (Å²) in [4.78, 5) is 11.0. The van der Waals surface area contributed by atoms with Gasteiger partial charge >= 0.3 is 5.97 Å². The normalized spacial score (nSPS) is 15.1. The molecule has 0 aliphatic carbocycles. The van der Waals surface area contributed by atoms with Gasteiger partial charge in [0.05, 0.1) is 25.9 Å². The third-order valence-corrected chi connectivity index (χ3v) is 1.84. The largest absolute Gasteiger partial charge is 0.468 e. The van der Waals surface area contributed by atoms with Crippen LogP contribution in [0.4, 0.5) is 0 Å². The van der Waals surface area contributed by atoms with Gasteiger partial charge in [-0.15, -0.1) is 0 Å². The van der Waals surface area contributed by atoms with Gasteiger partial charge in [0, 0.05) is 6.54 Å². The summed E-state index contributed by atoms with van der Waals surface area (Å²) in [5.74, 6) is -0.341. The van der Waals surface area contributed by atoms with Gasteiger partial charge in [0.15, 0.2) is 0 Å². The first-order valence-electron chi connectivity index (χ1n) is 5.08. The second kappa shape index (κ2) is 7.62. The van der Waals surface area contributed by atoms with Crippen molar-refractivity contribution in [3.05, 3.63) is 0 Å². The molecule has 2 N–H and O–H groups in total. The molecule has 0 aromatic rings. The van der Waals surface area contributed by atoms with E-state index < -0.39 is 12.1 Å². The van der Waals surface area contributed by atoms with Crippen LogP contribution in [0.1, 0.15) is 20.8 Å². The van der Waals surface area contributed by atoms with E-state index in [4.69, 9.17) is 4.74 Å². The maximum absolute atomic E-state index is 11.0. The van der Waals surface area contributed by atoms with Crippen LogP contribution in [0.2, 0.25) is 0 Å². The van der Waals surface area contributed by atoms with Gasteiger partial charge < -0.3 is 19.9 Å². The van der Waals surface area contributed by atoms with Crippen LogP contribution in [0.5, 0.6) is 0 Å². The van der Waals surface area contributed by atoms with Crippen molar-refractivity contribution >= 4 is 5.97 Å². The van der Waals surface area contributed by atoms with Crippen molar-refractivity contribution in [2.75, 3.05) is 20.3 Å². The van der Waals surface area contributed by atoms with Crippen molar-refractivity contribution in [1.82, 2.24) is 5.32 Å². The number of esters is 1. The van der Waals surface area contributed by atoms with Crippen LogP contribution in [0, 0.1) is 0 Å². The van der Waals surface area contributed by atoms with E-state index in [1.165, 1.54) is 7.11 Å². The molecule has 0 aliphatic heterocycles. The average molecular weight is 219 g/mol. The fraction of sp³-hybridized carbons (Fsp3) is 0.900. The SMILES string of the molecule is COC(=O)C(C)NCC(O)COC(C)C. The number of hydrogen-bond acceptors (Lipinski definition) is 5. The zero-order valence-corrected chi connectivity index (χ0v) is 9.82. The number of carbonyl (C=O) groups is 1. The minimum absolute atomic E-state index is 0.0951. The summed E-state index contributed by atoms with van der Waals surface area (Å²) in [5.41, 5.74) is 0. The Balaban J connectivity index is 3.61. The van der Waals surface area contributed by atoms with Gasteiger partial charge in [0.25, 0.3) is 0 Å². The van der Waals surface area contributed by atoms with Crippen molar-refractivity contribution in [3.63, 3.8) is 0 Å². The third kappa shape index (κ3) is 7.30. The van der Waals surface area contributed by atoms with Gasteiger partial charge in [-0.25, -0.2) is 0 Å². The van der Waals surface area contributed by atoms with Gasteiger partial charge in [-0.3, -0.25) is 4.79 Å². The number of aliphatic hydroxyl groups excluding tert-OH is 1. The van der Waals surface area contributed by atoms with Gasteiger partial charge in [-0.2, -0.15) is 0 Å². The molecule has 0 rings (SSSR count). The molecule has 0 heterocycles. The number of hydrogen-bond donors (Lipinski definition) is 2. The standard InChI is InChI=1S/C10H21NO4/c1-7(2)15-6-9(12)5-11-8(3)10(13)14-4/h7-9,11-12H,5-6H2,1-4H3. The van der Waals surface area contributed by atoms with Crippen LogP contribution in [-0.4, -0.2) is 49.6 Å². The highest BCUT2D eigenvalue weighted by molar-refractivity contribution is 5.75. The molecule has 2 atom stereocenters. The molecule has 2 unspecified atom stereocenters. The molecule has 90 valence electrons. The molecule has 0 saturated carbocycles. The molecule has 0 aromatic heterocycles. The number of methoxy groups -OCH3 is 1. The zero-order chi connectivity index (χ0) is 11.8. The Morgan fingerprint density at radius 2 is 2.00 bits per heavy atom. The minimum Gasteiger partial charge on any atom is -0.468 e. The second-order valence-corrected chi connectivity index (χ2v) is 3.69. The lowest BCUT2D eigenvalue weighted by atomic mass is 10.3. The van der Waals surface area contributed by atoms with E-state index in [0.29, 0.717) is 6.54 Å². The van der Waals surface area contributed by atoms with Crippen LogP contribution in [0.25, 0.3) is 0 Å². The maximum Gasteiger partial charge on any atom is 0.322 e. The molecule has 0 bridgehead atoms. The predicted molar refractivity (Wildman–Crippen MR) is 56.6 cm³/mol. The topological polar surface area (TPSA) is 67.8 Å². The van der Waals surface area contributed by atoms with E-state index in [1.807, 2.05) is 13.8 Å². The summed E-state index contributed by atoms with van der Waals surface area (Å²) >= 11 is 0. The number of rotatable bonds is 7. The Hall–Kier alpha value is -0.650. The molecule has 0 aromatic carbocycles. The van der Waals surface area contributed by atoms with E-state index >= 15 is 0 Å². The Labute approximate surface area is 90.8 Å². The Kier molecular flexibility index (Phi) is 7.29. The van der Waals surface area contributed by atoms with E-state index in [9.17, 15) is 9.90 Å². The highest BCUT2D eigenvalue weighted by Gasteiger charge is 2.14. The number of nitrogens with one attached hydrogen (secondary N) is 1. The van der Waals surface area contributed by atoms with Crippen molar-refractivity contribution in [1.29, 1.82) is 0 Å². The van der Waals surface area contributed by atoms with Crippen molar-refractivity contribution < 1.29 is 19.4 Å². The lowest BCUT2D eigenvalue weighted by molar-refractivity contribution is -0.142. The predicted octanol–water partition coefficient (Wildman–Crippen LogP) is -0.0766. The summed E-state index contributed by atoms with van der Waals surface area (Å²) in [6.07, 6.45) is -0.516. The number of aliphatic hydroxyl groups is 1. The Morgan fingerprint density at radius 3 is 2.47 bits per heavy atom. The highest BCUT2D eigenvalue weighted by Crippen LogP contribution is 1.92. The smallest absolute Gasteiger partial charge is 0.322 e. The summed E-state index contributed by atoms with van der Waals surface area (Å²) in [6.45, 7) is 6.05. The lowest BCUT2D eigenvalue weighted by Crippen LogP contribution is -2.41. The van der Waals surface area contributed by atoms with E-state index in [1.54, 1.807) is 6.92 Å². The maximum atomic E-state index is 11.0. The fourth-order valence-corrected chi connectivity index (χ4v) is 0.935. The fourth-order valence-electron chi connectivity index (χ4n) is 0.935. The Bertz CT molecular complexity index is 184. The average Bonchev–Trinajstić information content (AvgIpc) is 2.21. The van der Waals surface area contributed by atoms with Crippen LogP contribution in [0.15, 0.2) is 0 Å². The molecule has 15 heavy (non-hydrogen) atoms. The van der Waals surface area contributed by atoms with Crippen molar-refractivity contribution in [2.45, 2.75) is 39.0 Å². The van der Waals surface area contributed by atoms with E-state index in [2.05, 4.69) is 10.1 Å². The minimum atomic E-state index is -0.612. The lowest BCUT2D eigenvalue weighted by Gasteiger charge is -2.16. The monoisotopic (exact) mass is 219 g/mol. The van der Waals surface area contributed by atoms with E-state index in [-0.39, 0.29) is 18.7 Å². The second-order valence-electron chi connectivity index (χ2n) is 3.69. The van der Waals surface area contributed by atoms with Crippen molar-refractivity contribution in [3.8, 4) is 0 Å². The van der Waals surface area contributed by atoms with Gasteiger partial charge in [-0.1, -0.05) is 0 Å². The molecule has 5 nitrogen and oxygen atoms in total. The first-order valence-corrected chi connectivity index (χ1v) is 5.08. The van der Waals surface area contributed by atoms with Gasteiger partial charge in [-0.05, 0) is 20.8 Å². The van der Waals surface area contributed by atoms with Crippen LogP contribution in [-0.2, 0) is 14.3 Å². The summed E-state index contributed by atoms with van der Waals surface area (Å²) < 4.78 is 9.74. The van der Waals surface area contributed by atoms with Crippen LogP contribution in [0.3, 0.4) is 0 Å². The molecule has 0 saturated heterocycles. The number of ether oxygens (including phenoxy) is 2. The Morgan fingerprint density at radius 1 is 1.40 bits per heavy atom. The molecular weight excluding hydrogens is 198 g/mol. The zero-order valence-electron chi connectivity index (χ0n) is 9.82.